The molecule has 25 heavy (non-hydrogen) atoms. The fourth-order valence-corrected chi connectivity index (χ4v) is 8.10. The Bertz CT molecular complexity index is 651. The molecule has 0 aromatic heterocycles. The van der Waals surface area contributed by atoms with Crippen molar-refractivity contribution in [3.05, 3.63) is 17.7 Å². The Hall–Kier alpha value is -0.830. The number of thioether (sulfide) groups is 1. The Morgan fingerprint density at radius 3 is 2.56 bits per heavy atom. The van der Waals surface area contributed by atoms with Crippen LogP contribution in [0.4, 0.5) is 0 Å². The van der Waals surface area contributed by atoms with Crippen LogP contribution in [0.5, 0.6) is 11.5 Å². The lowest BCUT2D eigenvalue weighted by Crippen LogP contribution is -2.52. The van der Waals surface area contributed by atoms with Gasteiger partial charge < -0.3 is 9.47 Å². The molecular formula is C22H32O2S. The number of hydrogen-bond acceptors (Lipinski definition) is 3. The minimum Gasteiger partial charge on any atom is -0.497 e. The van der Waals surface area contributed by atoms with Crippen LogP contribution in [0.15, 0.2) is 17.0 Å². The molecule has 1 aromatic carbocycles. The molecule has 0 amide bonds. The van der Waals surface area contributed by atoms with Gasteiger partial charge in [-0.05, 0) is 60.3 Å². The molecule has 0 unspecified atom stereocenters. The summed E-state index contributed by atoms with van der Waals surface area (Å²) in [7, 11) is 3.55. The lowest BCUT2D eigenvalue weighted by molar-refractivity contribution is -0.0753. The summed E-state index contributed by atoms with van der Waals surface area (Å²) in [6.45, 7) is 7.65. The van der Waals surface area contributed by atoms with E-state index in [1.807, 2.05) is 11.8 Å². The summed E-state index contributed by atoms with van der Waals surface area (Å²) in [5.74, 6) is 5.48. The normalized spacial score (nSPS) is 36.0. The Labute approximate surface area is 157 Å². The van der Waals surface area contributed by atoms with Crippen LogP contribution in [0.3, 0.4) is 0 Å². The number of ether oxygens (including phenoxy) is 2. The smallest absolute Gasteiger partial charge is 0.127 e. The van der Waals surface area contributed by atoms with Crippen LogP contribution in [0.25, 0.3) is 0 Å². The molecule has 138 valence electrons. The summed E-state index contributed by atoms with van der Waals surface area (Å²) in [5.41, 5.74) is 2.43. The molecule has 0 bridgehead atoms. The van der Waals surface area contributed by atoms with Crippen molar-refractivity contribution in [3.63, 3.8) is 0 Å². The Morgan fingerprint density at radius 1 is 1.04 bits per heavy atom. The van der Waals surface area contributed by atoms with Gasteiger partial charge >= 0.3 is 0 Å². The SMILES string of the molecule is COc1cc(OC)c2c(c1)SC[C@H]1[C@H]2CC[C@H]2C(C)(C)CCC[C@]12C. The minimum atomic E-state index is 0.473. The third kappa shape index (κ3) is 2.60. The maximum atomic E-state index is 5.82. The van der Waals surface area contributed by atoms with E-state index >= 15 is 0 Å². The molecular weight excluding hydrogens is 328 g/mol. The molecule has 3 heteroatoms. The zero-order valence-electron chi connectivity index (χ0n) is 16.4. The van der Waals surface area contributed by atoms with Gasteiger partial charge in [0.1, 0.15) is 11.5 Å². The maximum absolute atomic E-state index is 5.82. The van der Waals surface area contributed by atoms with Gasteiger partial charge in [0, 0.05) is 22.3 Å². The number of fused-ring (bicyclic) bond motifs is 5. The van der Waals surface area contributed by atoms with E-state index < -0.39 is 0 Å². The molecule has 1 heterocycles. The zero-order chi connectivity index (χ0) is 17.8. The highest BCUT2D eigenvalue weighted by Crippen LogP contribution is 2.66. The molecule has 0 N–H and O–H groups in total. The van der Waals surface area contributed by atoms with Gasteiger partial charge in [0.2, 0.25) is 0 Å². The quantitative estimate of drug-likeness (QED) is 0.631. The standard InChI is InChI=1S/C22H32O2S/c1-21(2)9-6-10-22(3)16-13-25-18-12-14(23-4)11-17(24-5)20(18)15(16)7-8-19(21)22/h11-12,15-16,19H,6-10,13H2,1-5H3/t15-,16+,19+,22-/m1/s1. The molecule has 1 aliphatic heterocycles. The lowest BCUT2D eigenvalue weighted by Gasteiger charge is -2.60. The second-order valence-corrected chi connectivity index (χ2v) is 10.3. The highest BCUT2D eigenvalue weighted by Gasteiger charge is 2.56. The van der Waals surface area contributed by atoms with Crippen LogP contribution in [-0.2, 0) is 0 Å². The second kappa shape index (κ2) is 6.11. The highest BCUT2D eigenvalue weighted by atomic mass is 32.2. The average Bonchev–Trinajstić information content (AvgIpc) is 2.59. The third-order valence-corrected chi connectivity index (χ3v) is 8.87. The molecule has 0 saturated heterocycles. The largest absolute Gasteiger partial charge is 0.497 e. The molecule has 2 nitrogen and oxygen atoms in total. The fraction of sp³-hybridized carbons (Fsp3) is 0.727. The molecule has 2 aliphatic carbocycles. The molecule has 2 fully saturated rings. The third-order valence-electron chi connectivity index (χ3n) is 7.70. The van der Waals surface area contributed by atoms with Gasteiger partial charge in [0.05, 0.1) is 14.2 Å². The first-order valence-electron chi connectivity index (χ1n) is 9.79. The van der Waals surface area contributed by atoms with Gasteiger partial charge in [0.25, 0.3) is 0 Å². The first-order chi connectivity index (χ1) is 11.9. The van der Waals surface area contributed by atoms with Crippen LogP contribution in [0, 0.1) is 22.7 Å². The van der Waals surface area contributed by atoms with E-state index in [9.17, 15) is 0 Å². The summed E-state index contributed by atoms with van der Waals surface area (Å²) < 4.78 is 11.3. The number of hydrogen-bond donors (Lipinski definition) is 0. The van der Waals surface area contributed by atoms with Crippen LogP contribution in [0.2, 0.25) is 0 Å². The van der Waals surface area contributed by atoms with E-state index in [2.05, 4.69) is 32.9 Å². The van der Waals surface area contributed by atoms with Gasteiger partial charge in [-0.15, -0.1) is 11.8 Å². The van der Waals surface area contributed by atoms with E-state index in [0.29, 0.717) is 16.7 Å². The van der Waals surface area contributed by atoms with Crippen molar-refractivity contribution in [2.24, 2.45) is 22.7 Å². The van der Waals surface area contributed by atoms with Gasteiger partial charge in [-0.1, -0.05) is 27.2 Å². The molecule has 1 aromatic rings. The fourth-order valence-electron chi connectivity index (χ4n) is 6.52. The van der Waals surface area contributed by atoms with Crippen molar-refractivity contribution in [1.29, 1.82) is 0 Å². The molecule has 3 aliphatic rings. The van der Waals surface area contributed by atoms with Gasteiger partial charge in [-0.3, -0.25) is 0 Å². The maximum Gasteiger partial charge on any atom is 0.127 e. The topological polar surface area (TPSA) is 18.5 Å². The molecule has 0 radical (unpaired) electrons. The molecule has 4 atom stereocenters. The van der Waals surface area contributed by atoms with Crippen LogP contribution in [0.1, 0.15) is 64.4 Å². The van der Waals surface area contributed by atoms with Crippen LogP contribution in [-0.4, -0.2) is 20.0 Å². The molecule has 2 saturated carbocycles. The van der Waals surface area contributed by atoms with E-state index in [1.54, 1.807) is 14.2 Å². The van der Waals surface area contributed by atoms with E-state index in [0.717, 1.165) is 23.3 Å². The van der Waals surface area contributed by atoms with Crippen molar-refractivity contribution >= 4 is 11.8 Å². The van der Waals surface area contributed by atoms with E-state index in [1.165, 1.54) is 48.3 Å². The Balaban J connectivity index is 1.76. The first-order valence-corrected chi connectivity index (χ1v) is 10.8. The summed E-state index contributed by atoms with van der Waals surface area (Å²) in [5, 5.41) is 0. The highest BCUT2D eigenvalue weighted by molar-refractivity contribution is 7.99. The first kappa shape index (κ1) is 17.6. The number of benzene rings is 1. The summed E-state index contributed by atoms with van der Waals surface area (Å²) in [4.78, 5) is 1.38. The van der Waals surface area contributed by atoms with Gasteiger partial charge in [-0.25, -0.2) is 0 Å². The number of methoxy groups -OCH3 is 2. The van der Waals surface area contributed by atoms with Gasteiger partial charge in [0.15, 0.2) is 0 Å². The van der Waals surface area contributed by atoms with E-state index in [-0.39, 0.29) is 0 Å². The van der Waals surface area contributed by atoms with Crippen molar-refractivity contribution in [2.45, 2.75) is 63.7 Å². The van der Waals surface area contributed by atoms with Crippen LogP contribution >= 0.6 is 11.8 Å². The van der Waals surface area contributed by atoms with Crippen molar-refractivity contribution in [1.82, 2.24) is 0 Å². The monoisotopic (exact) mass is 360 g/mol. The molecule has 4 rings (SSSR count). The average molecular weight is 361 g/mol. The second-order valence-electron chi connectivity index (χ2n) is 9.24. The zero-order valence-corrected chi connectivity index (χ0v) is 17.2. The Kier molecular flexibility index (Phi) is 4.30. The van der Waals surface area contributed by atoms with E-state index in [4.69, 9.17) is 9.47 Å². The summed E-state index contributed by atoms with van der Waals surface area (Å²) >= 11 is 2.03. The predicted octanol–water partition coefficient (Wildman–Crippen LogP) is 6.14. The summed E-state index contributed by atoms with van der Waals surface area (Å²) in [6.07, 6.45) is 6.86. The lowest BCUT2D eigenvalue weighted by atomic mass is 9.46. The van der Waals surface area contributed by atoms with Crippen molar-refractivity contribution < 1.29 is 9.47 Å². The molecule has 0 spiro atoms. The predicted molar refractivity (Wildman–Crippen MR) is 105 cm³/mol. The Morgan fingerprint density at radius 2 is 1.84 bits per heavy atom. The number of rotatable bonds is 2. The van der Waals surface area contributed by atoms with Crippen molar-refractivity contribution in [2.75, 3.05) is 20.0 Å². The minimum absolute atomic E-state index is 0.473. The summed E-state index contributed by atoms with van der Waals surface area (Å²) in [6, 6.07) is 4.30. The van der Waals surface area contributed by atoms with Gasteiger partial charge in [-0.2, -0.15) is 0 Å². The van der Waals surface area contributed by atoms with Crippen LogP contribution < -0.4 is 9.47 Å². The van der Waals surface area contributed by atoms with Crippen molar-refractivity contribution in [3.8, 4) is 11.5 Å².